The Hall–Kier alpha value is -1.89. The number of hydrogen-bond donors (Lipinski definition) is 2. The topological polar surface area (TPSA) is 75.8 Å². The maximum Gasteiger partial charge on any atom is 0.340 e. The zero-order valence-electron chi connectivity index (χ0n) is 11.4. The molecule has 0 aliphatic carbocycles. The average molecular weight is 288 g/mol. The van der Waals surface area contributed by atoms with Gasteiger partial charge in [0.1, 0.15) is 0 Å². The summed E-state index contributed by atoms with van der Waals surface area (Å²) in [5.41, 5.74) is 7.14. The minimum absolute atomic E-state index is 0.0360. The van der Waals surface area contributed by atoms with E-state index in [1.807, 2.05) is 0 Å². The largest absolute Gasteiger partial charge is 0.465 e. The minimum atomic E-state index is -2.55. The predicted molar refractivity (Wildman–Crippen MR) is 72.2 cm³/mol. The molecule has 1 rings (SSSR count). The molecular formula is C13H18F2N2O3. The van der Waals surface area contributed by atoms with Crippen molar-refractivity contribution < 1.29 is 23.4 Å². The van der Waals surface area contributed by atoms with Crippen LogP contribution in [0.4, 0.5) is 20.2 Å². The van der Waals surface area contributed by atoms with E-state index in [0.717, 1.165) is 0 Å². The first-order valence-corrected chi connectivity index (χ1v) is 6.03. The molecule has 0 aliphatic heterocycles. The van der Waals surface area contributed by atoms with Gasteiger partial charge in [-0.1, -0.05) is 0 Å². The van der Waals surface area contributed by atoms with Gasteiger partial charge in [0, 0.05) is 17.9 Å². The molecule has 0 aromatic heterocycles. The molecule has 7 heteroatoms. The molecule has 112 valence electrons. The molecule has 0 saturated heterocycles. The van der Waals surface area contributed by atoms with E-state index in [-0.39, 0.29) is 24.4 Å². The van der Waals surface area contributed by atoms with Crippen LogP contribution in [0, 0.1) is 6.92 Å². The van der Waals surface area contributed by atoms with E-state index in [1.54, 1.807) is 13.0 Å². The van der Waals surface area contributed by atoms with Gasteiger partial charge < -0.3 is 20.5 Å². The van der Waals surface area contributed by atoms with Gasteiger partial charge in [0.2, 0.25) is 0 Å². The van der Waals surface area contributed by atoms with Crippen LogP contribution in [0.1, 0.15) is 15.9 Å². The van der Waals surface area contributed by atoms with Crippen molar-refractivity contribution in [2.75, 3.05) is 37.4 Å². The number of aliphatic hydroxyl groups is 1. The third-order valence-corrected chi connectivity index (χ3v) is 2.87. The number of rotatable bonds is 6. The molecule has 5 nitrogen and oxygen atoms in total. The van der Waals surface area contributed by atoms with Crippen molar-refractivity contribution >= 4 is 17.3 Å². The van der Waals surface area contributed by atoms with Gasteiger partial charge in [0.05, 0.1) is 25.8 Å². The molecular weight excluding hydrogens is 270 g/mol. The lowest BCUT2D eigenvalue weighted by Gasteiger charge is -2.25. The molecule has 0 spiro atoms. The Kier molecular flexibility index (Phi) is 5.69. The Labute approximate surface area is 115 Å². The molecule has 1 aromatic rings. The van der Waals surface area contributed by atoms with Gasteiger partial charge in [-0.05, 0) is 24.6 Å². The van der Waals surface area contributed by atoms with Crippen molar-refractivity contribution in [1.82, 2.24) is 0 Å². The summed E-state index contributed by atoms with van der Waals surface area (Å²) in [5.74, 6) is -0.631. The Bertz CT molecular complexity index is 481. The summed E-state index contributed by atoms with van der Waals surface area (Å²) in [6.07, 6.45) is -2.55. The molecule has 0 amide bonds. The molecule has 20 heavy (non-hydrogen) atoms. The highest BCUT2D eigenvalue weighted by Crippen LogP contribution is 2.26. The van der Waals surface area contributed by atoms with Crippen molar-refractivity contribution in [2.24, 2.45) is 0 Å². The van der Waals surface area contributed by atoms with Gasteiger partial charge in [-0.2, -0.15) is 0 Å². The van der Waals surface area contributed by atoms with E-state index in [2.05, 4.69) is 4.74 Å². The van der Waals surface area contributed by atoms with Crippen LogP contribution >= 0.6 is 0 Å². The van der Waals surface area contributed by atoms with Crippen molar-refractivity contribution in [1.29, 1.82) is 0 Å². The first-order valence-electron chi connectivity index (χ1n) is 6.03. The van der Waals surface area contributed by atoms with Crippen LogP contribution in [-0.4, -0.2) is 44.3 Å². The van der Waals surface area contributed by atoms with Gasteiger partial charge in [-0.15, -0.1) is 0 Å². The number of hydrogen-bond acceptors (Lipinski definition) is 5. The lowest BCUT2D eigenvalue weighted by Crippen LogP contribution is -2.32. The number of nitrogen functional groups attached to an aromatic ring is 1. The van der Waals surface area contributed by atoms with Gasteiger partial charge in [-0.25, -0.2) is 13.6 Å². The number of aryl methyl sites for hydroxylation is 1. The second-order valence-corrected chi connectivity index (χ2v) is 4.28. The second-order valence-electron chi connectivity index (χ2n) is 4.28. The number of nitrogens with zero attached hydrogens (tertiary/aromatic N) is 1. The number of alkyl halides is 2. The summed E-state index contributed by atoms with van der Waals surface area (Å²) >= 11 is 0. The fourth-order valence-electron chi connectivity index (χ4n) is 1.85. The Morgan fingerprint density at radius 3 is 2.65 bits per heavy atom. The molecule has 3 N–H and O–H groups in total. The summed E-state index contributed by atoms with van der Waals surface area (Å²) in [4.78, 5) is 12.9. The molecule has 0 bridgehead atoms. The van der Waals surface area contributed by atoms with Gasteiger partial charge >= 0.3 is 5.97 Å². The summed E-state index contributed by atoms with van der Waals surface area (Å²) in [5, 5.41) is 8.96. The molecule has 0 fully saturated rings. The molecule has 0 unspecified atom stereocenters. The van der Waals surface area contributed by atoms with Crippen LogP contribution < -0.4 is 10.6 Å². The van der Waals surface area contributed by atoms with Crippen LogP contribution in [0.3, 0.4) is 0 Å². The summed E-state index contributed by atoms with van der Waals surface area (Å²) < 4.78 is 29.7. The lowest BCUT2D eigenvalue weighted by atomic mass is 10.1. The van der Waals surface area contributed by atoms with Gasteiger partial charge in [0.25, 0.3) is 6.43 Å². The molecule has 0 saturated carbocycles. The predicted octanol–water partition coefficient (Wildman–Crippen LogP) is 1.43. The maximum absolute atomic E-state index is 12.6. The molecule has 1 aromatic carbocycles. The third kappa shape index (κ3) is 3.80. The van der Waals surface area contributed by atoms with Crippen molar-refractivity contribution in [3.8, 4) is 0 Å². The third-order valence-electron chi connectivity index (χ3n) is 2.87. The van der Waals surface area contributed by atoms with Gasteiger partial charge in [0.15, 0.2) is 0 Å². The number of ether oxygens (including phenoxy) is 1. The Morgan fingerprint density at radius 2 is 2.15 bits per heavy atom. The monoisotopic (exact) mass is 288 g/mol. The lowest BCUT2D eigenvalue weighted by molar-refractivity contribution is 0.0602. The number of benzene rings is 1. The fraction of sp³-hybridized carbons (Fsp3) is 0.462. The van der Waals surface area contributed by atoms with E-state index in [4.69, 9.17) is 10.8 Å². The number of aliphatic hydroxyl groups excluding tert-OH is 1. The summed E-state index contributed by atoms with van der Waals surface area (Å²) in [7, 11) is 1.22. The normalized spacial score (nSPS) is 10.7. The molecule has 0 atom stereocenters. The van der Waals surface area contributed by atoms with Crippen LogP contribution in [0.25, 0.3) is 0 Å². The molecule has 0 radical (unpaired) electrons. The van der Waals surface area contributed by atoms with E-state index in [0.29, 0.717) is 11.3 Å². The van der Waals surface area contributed by atoms with Crippen LogP contribution in [0.2, 0.25) is 0 Å². The number of esters is 1. The summed E-state index contributed by atoms with van der Waals surface area (Å²) in [6, 6.07) is 2.99. The van der Waals surface area contributed by atoms with E-state index < -0.39 is 18.9 Å². The minimum Gasteiger partial charge on any atom is -0.465 e. The zero-order valence-corrected chi connectivity index (χ0v) is 11.4. The highest BCUT2D eigenvalue weighted by molar-refractivity contribution is 5.97. The van der Waals surface area contributed by atoms with Crippen LogP contribution in [0.15, 0.2) is 12.1 Å². The number of halogens is 2. The number of methoxy groups -OCH3 is 1. The maximum atomic E-state index is 12.6. The smallest absolute Gasteiger partial charge is 0.340 e. The van der Waals surface area contributed by atoms with Gasteiger partial charge in [-0.3, -0.25) is 0 Å². The number of carbonyl (C=O) groups is 1. The van der Waals surface area contributed by atoms with Crippen LogP contribution in [0.5, 0.6) is 0 Å². The fourth-order valence-corrected chi connectivity index (χ4v) is 1.85. The van der Waals surface area contributed by atoms with E-state index >= 15 is 0 Å². The quantitative estimate of drug-likeness (QED) is 0.612. The highest BCUT2D eigenvalue weighted by atomic mass is 19.3. The molecule has 0 heterocycles. The highest BCUT2D eigenvalue weighted by Gasteiger charge is 2.18. The van der Waals surface area contributed by atoms with E-state index in [9.17, 15) is 13.6 Å². The Balaban J connectivity index is 3.21. The first-order chi connectivity index (χ1) is 9.40. The van der Waals surface area contributed by atoms with Crippen molar-refractivity contribution in [2.45, 2.75) is 13.3 Å². The van der Waals surface area contributed by atoms with Crippen LogP contribution in [-0.2, 0) is 4.74 Å². The SMILES string of the molecule is COC(=O)c1cc(N(CCO)CC(F)F)cc(C)c1N. The number of anilines is 2. The summed E-state index contributed by atoms with van der Waals surface area (Å²) in [6.45, 7) is 0.896. The zero-order chi connectivity index (χ0) is 15.3. The first kappa shape index (κ1) is 16.2. The van der Waals surface area contributed by atoms with Crippen molar-refractivity contribution in [3.63, 3.8) is 0 Å². The molecule has 0 aliphatic rings. The standard InChI is InChI=1S/C13H18F2N2O3/c1-8-5-9(17(3-4-18)7-11(14)15)6-10(12(8)16)13(19)20-2/h5-6,11,18H,3-4,7,16H2,1-2H3. The second kappa shape index (κ2) is 7.04. The Morgan fingerprint density at radius 1 is 1.50 bits per heavy atom. The van der Waals surface area contributed by atoms with E-state index in [1.165, 1.54) is 18.1 Å². The number of carbonyl (C=O) groups excluding carboxylic acids is 1. The average Bonchev–Trinajstić information content (AvgIpc) is 2.40. The van der Waals surface area contributed by atoms with Crippen molar-refractivity contribution in [3.05, 3.63) is 23.3 Å². The number of nitrogens with two attached hydrogens (primary N) is 1.